The van der Waals surface area contributed by atoms with E-state index in [9.17, 15) is 14.4 Å². The van der Waals surface area contributed by atoms with Crippen molar-refractivity contribution in [3.63, 3.8) is 0 Å². The molecular formula is C15H17N3O4S. The first-order chi connectivity index (χ1) is 10.8. The van der Waals surface area contributed by atoms with Crippen molar-refractivity contribution in [2.24, 2.45) is 0 Å². The quantitative estimate of drug-likeness (QED) is 0.645. The maximum atomic E-state index is 12.1. The molecule has 2 N–H and O–H groups in total. The summed E-state index contributed by atoms with van der Waals surface area (Å²) in [6.07, 6.45) is -0.0861. The number of thiazole rings is 1. The van der Waals surface area contributed by atoms with Gasteiger partial charge in [-0.3, -0.25) is 9.59 Å². The summed E-state index contributed by atoms with van der Waals surface area (Å²) in [5.41, 5.74) is 2.18. The number of Topliss-reactive ketones (excluding diaryl/α,β-unsaturated/α-hetero) is 1. The molecule has 0 bridgehead atoms. The number of ether oxygens (including phenoxy) is 1. The molecule has 8 heteroatoms. The molecule has 0 aliphatic carbocycles. The first-order valence-electron chi connectivity index (χ1n) is 6.86. The van der Waals surface area contributed by atoms with Gasteiger partial charge in [0.05, 0.1) is 30.5 Å². The molecule has 122 valence electrons. The molecule has 0 saturated heterocycles. The van der Waals surface area contributed by atoms with E-state index in [0.717, 1.165) is 5.69 Å². The molecule has 23 heavy (non-hydrogen) atoms. The van der Waals surface area contributed by atoms with Gasteiger partial charge in [-0.25, -0.2) is 9.78 Å². The van der Waals surface area contributed by atoms with Crippen molar-refractivity contribution in [2.75, 3.05) is 12.4 Å². The maximum absolute atomic E-state index is 12.1. The lowest BCUT2D eigenvalue weighted by Gasteiger charge is -2.04. The molecule has 0 aliphatic rings. The Labute approximate surface area is 137 Å². The molecule has 0 unspecified atom stereocenters. The van der Waals surface area contributed by atoms with E-state index in [4.69, 9.17) is 4.74 Å². The summed E-state index contributed by atoms with van der Waals surface area (Å²) >= 11 is 1.32. The number of aromatic nitrogens is 2. The molecule has 2 heterocycles. The van der Waals surface area contributed by atoms with Gasteiger partial charge in [-0.15, -0.1) is 11.3 Å². The number of nitrogens with zero attached hydrogens (tertiary/aromatic N) is 1. The van der Waals surface area contributed by atoms with Crippen LogP contribution in [0.4, 0.5) is 5.13 Å². The lowest BCUT2D eigenvalue weighted by Crippen LogP contribution is -2.17. The summed E-state index contributed by atoms with van der Waals surface area (Å²) in [7, 11) is 1.25. The van der Waals surface area contributed by atoms with Gasteiger partial charge in [-0.1, -0.05) is 0 Å². The van der Waals surface area contributed by atoms with Crippen molar-refractivity contribution >= 4 is 34.1 Å². The first-order valence-corrected chi connectivity index (χ1v) is 7.74. The Balaban J connectivity index is 2.27. The van der Waals surface area contributed by atoms with E-state index in [1.807, 2.05) is 12.3 Å². The number of methoxy groups -OCH3 is 1. The van der Waals surface area contributed by atoms with Gasteiger partial charge in [0, 0.05) is 18.0 Å². The van der Waals surface area contributed by atoms with Crippen LogP contribution in [-0.2, 0) is 16.0 Å². The number of hydrogen-bond acceptors (Lipinski definition) is 6. The minimum Gasteiger partial charge on any atom is -0.465 e. The van der Waals surface area contributed by atoms with Crippen molar-refractivity contribution in [2.45, 2.75) is 27.2 Å². The van der Waals surface area contributed by atoms with Crippen LogP contribution in [0, 0.1) is 13.8 Å². The monoisotopic (exact) mass is 335 g/mol. The van der Waals surface area contributed by atoms with E-state index < -0.39 is 5.97 Å². The lowest BCUT2D eigenvalue weighted by atomic mass is 10.1. The van der Waals surface area contributed by atoms with E-state index in [0.29, 0.717) is 22.1 Å². The van der Waals surface area contributed by atoms with Crippen LogP contribution in [0.3, 0.4) is 0 Å². The fourth-order valence-corrected chi connectivity index (χ4v) is 2.96. The Kier molecular flexibility index (Phi) is 4.95. The van der Waals surface area contributed by atoms with Crippen molar-refractivity contribution in [1.82, 2.24) is 9.97 Å². The van der Waals surface area contributed by atoms with Crippen LogP contribution in [-0.4, -0.2) is 34.7 Å². The molecule has 2 rings (SSSR count). The minimum atomic E-state index is -0.584. The number of rotatable bonds is 5. The third-order valence-corrected chi connectivity index (χ3v) is 4.15. The van der Waals surface area contributed by atoms with Crippen molar-refractivity contribution < 1.29 is 19.1 Å². The van der Waals surface area contributed by atoms with Crippen molar-refractivity contribution in [3.8, 4) is 0 Å². The molecule has 2 aromatic heterocycles. The maximum Gasteiger partial charge on any atom is 0.339 e. The Bertz CT molecular complexity index is 776. The third-order valence-electron chi connectivity index (χ3n) is 3.27. The van der Waals surface area contributed by atoms with Crippen LogP contribution in [0.25, 0.3) is 0 Å². The van der Waals surface area contributed by atoms with E-state index >= 15 is 0 Å². The van der Waals surface area contributed by atoms with Crippen molar-refractivity contribution in [1.29, 1.82) is 0 Å². The van der Waals surface area contributed by atoms with E-state index in [-0.39, 0.29) is 23.7 Å². The average Bonchev–Trinajstić information content (AvgIpc) is 3.02. The van der Waals surface area contributed by atoms with Crippen LogP contribution in [0.2, 0.25) is 0 Å². The predicted molar refractivity (Wildman–Crippen MR) is 86.1 cm³/mol. The smallest absolute Gasteiger partial charge is 0.339 e. The number of hydrogen-bond donors (Lipinski definition) is 2. The Morgan fingerprint density at radius 2 is 2.04 bits per heavy atom. The van der Waals surface area contributed by atoms with Crippen LogP contribution >= 0.6 is 11.3 Å². The van der Waals surface area contributed by atoms with Gasteiger partial charge in [-0.2, -0.15) is 0 Å². The van der Waals surface area contributed by atoms with E-state index in [1.54, 1.807) is 6.92 Å². The molecule has 7 nitrogen and oxygen atoms in total. The summed E-state index contributed by atoms with van der Waals surface area (Å²) in [6, 6.07) is 0. The normalized spacial score (nSPS) is 10.4. The molecule has 0 aliphatic heterocycles. The fourth-order valence-electron chi connectivity index (χ4n) is 2.26. The van der Waals surface area contributed by atoms with Gasteiger partial charge in [-0.05, 0) is 19.4 Å². The highest BCUT2D eigenvalue weighted by molar-refractivity contribution is 7.13. The predicted octanol–water partition coefficient (Wildman–Crippen LogP) is 2.26. The Morgan fingerprint density at radius 3 is 2.57 bits per heavy atom. The Hall–Kier alpha value is -2.48. The summed E-state index contributed by atoms with van der Waals surface area (Å²) in [6.45, 7) is 4.86. The number of carbonyl (C=O) groups excluding carboxylic acids is 3. The van der Waals surface area contributed by atoms with Crippen LogP contribution in [0.1, 0.15) is 44.7 Å². The number of aryl methyl sites for hydroxylation is 1. The van der Waals surface area contributed by atoms with Crippen molar-refractivity contribution in [3.05, 3.63) is 33.6 Å². The zero-order valence-electron chi connectivity index (χ0n) is 13.3. The lowest BCUT2D eigenvalue weighted by molar-refractivity contribution is -0.115. The molecule has 0 saturated carbocycles. The molecule has 0 radical (unpaired) electrons. The number of ketones is 1. The highest BCUT2D eigenvalue weighted by Crippen LogP contribution is 2.21. The number of carbonyl (C=O) groups is 3. The van der Waals surface area contributed by atoms with Gasteiger partial charge in [0.2, 0.25) is 5.91 Å². The molecule has 1 amide bonds. The van der Waals surface area contributed by atoms with E-state index in [1.165, 1.54) is 25.4 Å². The number of esters is 1. The van der Waals surface area contributed by atoms with Gasteiger partial charge in [0.25, 0.3) is 0 Å². The second kappa shape index (κ2) is 6.74. The number of H-pyrrole nitrogens is 1. The Morgan fingerprint density at radius 1 is 1.35 bits per heavy atom. The molecule has 0 fully saturated rings. The fraction of sp³-hybridized carbons (Fsp3) is 0.333. The largest absolute Gasteiger partial charge is 0.465 e. The summed E-state index contributed by atoms with van der Waals surface area (Å²) < 4.78 is 4.74. The van der Waals surface area contributed by atoms with Crippen LogP contribution < -0.4 is 5.32 Å². The molecule has 2 aromatic rings. The third kappa shape index (κ3) is 3.65. The zero-order valence-corrected chi connectivity index (χ0v) is 14.1. The highest BCUT2D eigenvalue weighted by Gasteiger charge is 2.24. The number of aromatic amines is 1. The first kappa shape index (κ1) is 16.9. The molecule has 0 aromatic carbocycles. The zero-order chi connectivity index (χ0) is 17.1. The van der Waals surface area contributed by atoms with Crippen LogP contribution in [0.15, 0.2) is 5.38 Å². The highest BCUT2D eigenvalue weighted by atomic mass is 32.1. The van der Waals surface area contributed by atoms with Gasteiger partial charge in [0.15, 0.2) is 10.9 Å². The molecule has 0 spiro atoms. The van der Waals surface area contributed by atoms with E-state index in [2.05, 4.69) is 15.3 Å². The second-order valence-electron chi connectivity index (χ2n) is 5.05. The summed E-state index contributed by atoms with van der Waals surface area (Å²) in [4.78, 5) is 42.7. The standard InChI is InChI=1S/C15H17N3O4S/c1-7-6-23-15(16-7)18-11(20)5-10-12(14(21)22-4)8(2)13(17-10)9(3)19/h6,17H,5H2,1-4H3,(H,16,18,20). The average molecular weight is 335 g/mol. The van der Waals surface area contributed by atoms with Gasteiger partial charge < -0.3 is 15.0 Å². The van der Waals surface area contributed by atoms with Gasteiger partial charge in [0.1, 0.15) is 0 Å². The van der Waals surface area contributed by atoms with Gasteiger partial charge >= 0.3 is 5.97 Å². The second-order valence-corrected chi connectivity index (χ2v) is 5.90. The molecule has 0 atom stereocenters. The number of nitrogens with one attached hydrogen (secondary N) is 2. The topological polar surface area (TPSA) is 101 Å². The summed E-state index contributed by atoms with van der Waals surface area (Å²) in [5, 5.41) is 4.97. The summed E-state index contributed by atoms with van der Waals surface area (Å²) in [5.74, 6) is -1.13. The SMILES string of the molecule is COC(=O)c1c(CC(=O)Nc2nc(C)cs2)[nH]c(C(C)=O)c1C. The molecular weight excluding hydrogens is 318 g/mol. The van der Waals surface area contributed by atoms with Crippen LogP contribution in [0.5, 0.6) is 0 Å². The minimum absolute atomic E-state index is 0.0861. The number of anilines is 1. The number of amides is 1.